The predicted molar refractivity (Wildman–Crippen MR) is 88.9 cm³/mol. The Labute approximate surface area is 152 Å². The third-order valence-electron chi connectivity index (χ3n) is 4.18. The lowest BCUT2D eigenvalue weighted by Gasteiger charge is -2.27. The maximum absolute atomic E-state index is 13.9. The Morgan fingerprint density at radius 1 is 1.19 bits per heavy atom. The molecule has 0 spiro atoms. The molecule has 0 aliphatic carbocycles. The van der Waals surface area contributed by atoms with Crippen molar-refractivity contribution in [2.45, 2.75) is 33.4 Å². The molecule has 0 bridgehead atoms. The Balaban J connectivity index is 1.75. The number of carbonyl (C=O) groups excluding carboxylic acids is 1. The second kappa shape index (κ2) is 7.36. The number of hydrogen-bond donors (Lipinski definition) is 0. The van der Waals surface area contributed by atoms with Gasteiger partial charge >= 0.3 is 5.97 Å². The highest BCUT2D eigenvalue weighted by Crippen LogP contribution is 2.34. The van der Waals surface area contributed by atoms with Gasteiger partial charge in [0.05, 0.1) is 5.92 Å². The Morgan fingerprint density at radius 3 is 2.46 bits per heavy atom. The normalized spacial score (nSPS) is 14.6. The Morgan fingerprint density at radius 2 is 1.85 bits per heavy atom. The standard InChI is InChI=1S/C18H17F4NO2S/c1-9(2)18(24)25-15-5-10-7-23(4-3-14(10)26-15)8-11-16(21)12(19)6-13(20)17(11)22/h5-6,9H,3-4,7-8H2,1-2H3. The topological polar surface area (TPSA) is 29.5 Å². The maximum Gasteiger partial charge on any atom is 0.314 e. The molecule has 0 N–H and O–H groups in total. The zero-order chi connectivity index (χ0) is 19.0. The lowest BCUT2D eigenvalue weighted by molar-refractivity contribution is -0.137. The number of carbonyl (C=O) groups is 1. The highest BCUT2D eigenvalue weighted by atomic mass is 32.1. The van der Waals surface area contributed by atoms with Crippen LogP contribution in [0, 0.1) is 29.2 Å². The number of benzene rings is 1. The van der Waals surface area contributed by atoms with Crippen LogP contribution in [0.1, 0.15) is 29.9 Å². The van der Waals surface area contributed by atoms with Gasteiger partial charge in [-0.3, -0.25) is 9.69 Å². The molecule has 1 aliphatic heterocycles. The van der Waals surface area contributed by atoms with Crippen molar-refractivity contribution in [1.29, 1.82) is 0 Å². The van der Waals surface area contributed by atoms with Gasteiger partial charge in [-0.05, 0) is 18.1 Å². The van der Waals surface area contributed by atoms with Gasteiger partial charge in [-0.25, -0.2) is 17.6 Å². The van der Waals surface area contributed by atoms with Crippen molar-refractivity contribution >= 4 is 17.3 Å². The molecule has 0 saturated heterocycles. The van der Waals surface area contributed by atoms with E-state index in [2.05, 4.69) is 0 Å². The highest BCUT2D eigenvalue weighted by Gasteiger charge is 2.25. The van der Waals surface area contributed by atoms with Crippen LogP contribution in [0.4, 0.5) is 17.6 Å². The van der Waals surface area contributed by atoms with Crippen molar-refractivity contribution in [1.82, 2.24) is 4.90 Å². The minimum absolute atomic E-state index is 0.205. The van der Waals surface area contributed by atoms with Crippen LogP contribution in [0.3, 0.4) is 0 Å². The summed E-state index contributed by atoms with van der Waals surface area (Å²) in [5.41, 5.74) is 0.262. The number of rotatable bonds is 4. The SMILES string of the molecule is CC(C)C(=O)Oc1cc2c(s1)CCN(Cc1c(F)c(F)cc(F)c1F)C2. The van der Waals surface area contributed by atoms with E-state index in [1.807, 2.05) is 0 Å². The summed E-state index contributed by atoms with van der Waals surface area (Å²) in [7, 11) is 0. The number of halogens is 4. The van der Waals surface area contributed by atoms with Gasteiger partial charge in [0.1, 0.15) is 0 Å². The molecule has 3 rings (SSSR count). The molecular weight excluding hydrogens is 370 g/mol. The summed E-state index contributed by atoms with van der Waals surface area (Å²) in [4.78, 5) is 14.4. The Bertz CT molecular complexity index is 824. The van der Waals surface area contributed by atoms with Crippen LogP contribution in [-0.2, 0) is 24.3 Å². The average Bonchev–Trinajstić information content (AvgIpc) is 2.98. The molecule has 0 saturated carbocycles. The van der Waals surface area contributed by atoms with Crippen molar-refractivity contribution in [2.75, 3.05) is 6.54 Å². The first-order chi connectivity index (χ1) is 12.3. The van der Waals surface area contributed by atoms with Crippen molar-refractivity contribution < 1.29 is 27.1 Å². The molecule has 2 aromatic rings. The zero-order valence-corrected chi connectivity index (χ0v) is 15.1. The molecule has 0 unspecified atom stereocenters. The van der Waals surface area contributed by atoms with Gasteiger partial charge < -0.3 is 4.74 Å². The number of ether oxygens (including phenoxy) is 1. The lowest BCUT2D eigenvalue weighted by Crippen LogP contribution is -2.30. The summed E-state index contributed by atoms with van der Waals surface area (Å²) in [6.07, 6.45) is 0.597. The minimum Gasteiger partial charge on any atom is -0.415 e. The molecule has 0 amide bonds. The second-order valence-electron chi connectivity index (χ2n) is 6.50. The van der Waals surface area contributed by atoms with E-state index in [1.54, 1.807) is 24.8 Å². The van der Waals surface area contributed by atoms with Crippen LogP contribution in [0.15, 0.2) is 12.1 Å². The first-order valence-electron chi connectivity index (χ1n) is 8.13. The molecule has 1 aliphatic rings. The number of esters is 1. The molecular formula is C18H17F4NO2S. The molecule has 0 fully saturated rings. The van der Waals surface area contributed by atoms with Crippen molar-refractivity contribution in [3.05, 3.63) is 51.4 Å². The predicted octanol–water partition coefficient (Wildman–Crippen LogP) is 4.42. The van der Waals surface area contributed by atoms with Crippen LogP contribution >= 0.6 is 11.3 Å². The molecule has 140 valence electrons. The third-order valence-corrected chi connectivity index (χ3v) is 5.30. The third kappa shape index (κ3) is 3.76. The Hall–Kier alpha value is -1.93. The minimum atomic E-state index is -1.41. The van der Waals surface area contributed by atoms with Gasteiger partial charge in [-0.2, -0.15) is 0 Å². The van der Waals surface area contributed by atoms with E-state index in [-0.39, 0.29) is 24.5 Å². The summed E-state index contributed by atoms with van der Waals surface area (Å²) in [5.74, 6) is -6.14. The summed E-state index contributed by atoms with van der Waals surface area (Å²) in [6, 6.07) is 1.93. The maximum atomic E-state index is 13.9. The summed E-state index contributed by atoms with van der Waals surface area (Å²) < 4.78 is 59.7. The second-order valence-corrected chi connectivity index (χ2v) is 7.60. The van der Waals surface area contributed by atoms with E-state index < -0.39 is 28.8 Å². The molecule has 0 atom stereocenters. The number of hydrogen-bond acceptors (Lipinski definition) is 4. The summed E-state index contributed by atoms with van der Waals surface area (Å²) in [5, 5.41) is 0.477. The first kappa shape index (κ1) is 18.8. The number of fused-ring (bicyclic) bond motifs is 1. The van der Waals surface area contributed by atoms with Crippen LogP contribution in [0.2, 0.25) is 0 Å². The largest absolute Gasteiger partial charge is 0.415 e. The zero-order valence-electron chi connectivity index (χ0n) is 14.2. The van der Waals surface area contributed by atoms with Gasteiger partial charge in [0, 0.05) is 36.1 Å². The van der Waals surface area contributed by atoms with E-state index in [9.17, 15) is 22.4 Å². The van der Waals surface area contributed by atoms with E-state index in [1.165, 1.54) is 11.3 Å². The van der Waals surface area contributed by atoms with Gasteiger partial charge in [0.2, 0.25) is 0 Å². The quantitative estimate of drug-likeness (QED) is 0.442. The summed E-state index contributed by atoms with van der Waals surface area (Å²) in [6.45, 7) is 4.05. The number of nitrogens with zero attached hydrogens (tertiary/aromatic N) is 1. The van der Waals surface area contributed by atoms with Crippen LogP contribution in [-0.4, -0.2) is 17.4 Å². The van der Waals surface area contributed by atoms with Crippen LogP contribution in [0.5, 0.6) is 5.06 Å². The van der Waals surface area contributed by atoms with Gasteiger partial charge in [0.25, 0.3) is 0 Å². The van der Waals surface area contributed by atoms with E-state index in [0.29, 0.717) is 24.6 Å². The molecule has 3 nitrogen and oxygen atoms in total. The highest BCUT2D eigenvalue weighted by molar-refractivity contribution is 7.14. The van der Waals surface area contributed by atoms with E-state index >= 15 is 0 Å². The van der Waals surface area contributed by atoms with Crippen molar-refractivity contribution in [3.63, 3.8) is 0 Å². The first-order valence-corrected chi connectivity index (χ1v) is 8.95. The fraction of sp³-hybridized carbons (Fsp3) is 0.389. The molecule has 1 aromatic carbocycles. The molecule has 0 radical (unpaired) electrons. The molecule has 8 heteroatoms. The van der Waals surface area contributed by atoms with Crippen molar-refractivity contribution in [3.8, 4) is 5.06 Å². The molecule has 2 heterocycles. The molecule has 1 aromatic heterocycles. The van der Waals surface area contributed by atoms with Crippen LogP contribution < -0.4 is 4.74 Å². The molecule has 26 heavy (non-hydrogen) atoms. The summed E-state index contributed by atoms with van der Waals surface area (Å²) >= 11 is 1.36. The van der Waals surface area contributed by atoms with E-state index in [4.69, 9.17) is 4.74 Å². The van der Waals surface area contributed by atoms with Gasteiger partial charge in [0.15, 0.2) is 28.3 Å². The smallest absolute Gasteiger partial charge is 0.314 e. The van der Waals surface area contributed by atoms with E-state index in [0.717, 1.165) is 10.4 Å². The monoisotopic (exact) mass is 387 g/mol. The van der Waals surface area contributed by atoms with Gasteiger partial charge in [-0.15, -0.1) is 11.3 Å². The van der Waals surface area contributed by atoms with Crippen LogP contribution in [0.25, 0.3) is 0 Å². The average molecular weight is 387 g/mol. The Kier molecular flexibility index (Phi) is 5.34. The van der Waals surface area contributed by atoms with Crippen molar-refractivity contribution in [2.24, 2.45) is 5.92 Å². The van der Waals surface area contributed by atoms with Gasteiger partial charge in [-0.1, -0.05) is 13.8 Å². The number of thiophene rings is 1. The fourth-order valence-electron chi connectivity index (χ4n) is 2.75. The fourth-order valence-corrected chi connectivity index (χ4v) is 3.77. The lowest BCUT2D eigenvalue weighted by atomic mass is 10.1.